The van der Waals surface area contributed by atoms with Gasteiger partial charge in [-0.3, -0.25) is 4.79 Å². The summed E-state index contributed by atoms with van der Waals surface area (Å²) >= 11 is 0. The fraction of sp³-hybridized carbons (Fsp3) is 0.375. The van der Waals surface area contributed by atoms with E-state index < -0.39 is 0 Å². The summed E-state index contributed by atoms with van der Waals surface area (Å²) in [6.45, 7) is 3.53. The lowest BCUT2D eigenvalue weighted by atomic mass is 10.2. The van der Waals surface area contributed by atoms with Gasteiger partial charge in [0.15, 0.2) is 11.5 Å². The van der Waals surface area contributed by atoms with Crippen molar-refractivity contribution < 1.29 is 9.90 Å². The van der Waals surface area contributed by atoms with Gasteiger partial charge < -0.3 is 5.11 Å². The van der Waals surface area contributed by atoms with E-state index in [4.69, 9.17) is 5.11 Å². The summed E-state index contributed by atoms with van der Waals surface area (Å²) in [6, 6.07) is 0. The molecule has 10 heavy (non-hydrogen) atoms. The van der Waals surface area contributed by atoms with Gasteiger partial charge in [-0.1, -0.05) is 6.08 Å². The summed E-state index contributed by atoms with van der Waals surface area (Å²) in [7, 11) is 0. The van der Waals surface area contributed by atoms with E-state index >= 15 is 0 Å². The Morgan fingerprint density at radius 3 is 2.70 bits per heavy atom. The van der Waals surface area contributed by atoms with Gasteiger partial charge in [0, 0.05) is 6.42 Å². The largest absolute Gasteiger partial charge is 0.504 e. The van der Waals surface area contributed by atoms with Crippen LogP contribution in [0.25, 0.3) is 0 Å². The molecule has 2 nitrogen and oxygen atoms in total. The van der Waals surface area contributed by atoms with E-state index in [0.717, 1.165) is 5.57 Å². The van der Waals surface area contributed by atoms with Crippen LogP contribution in [-0.2, 0) is 4.79 Å². The van der Waals surface area contributed by atoms with E-state index in [1.165, 1.54) is 0 Å². The van der Waals surface area contributed by atoms with Crippen LogP contribution in [0.1, 0.15) is 19.3 Å². The highest BCUT2D eigenvalue weighted by atomic mass is 16.3. The number of hydrogen-bond donors (Lipinski definition) is 1. The van der Waals surface area contributed by atoms with E-state index in [1.54, 1.807) is 6.08 Å². The summed E-state index contributed by atoms with van der Waals surface area (Å²) in [4.78, 5) is 10.7. The molecule has 0 radical (unpaired) electrons. The minimum Gasteiger partial charge on any atom is -0.504 e. The molecule has 1 N–H and O–H groups in total. The Bertz CT molecular complexity index is 201. The van der Waals surface area contributed by atoms with Crippen molar-refractivity contribution in [3.8, 4) is 0 Å². The molecule has 0 heterocycles. The minimum absolute atomic E-state index is 0.0279. The lowest BCUT2D eigenvalue weighted by Crippen LogP contribution is -1.93. The molecule has 0 aromatic rings. The normalized spacial score (nSPS) is 18.2. The van der Waals surface area contributed by atoms with Crippen molar-refractivity contribution in [2.24, 2.45) is 0 Å². The summed E-state index contributed by atoms with van der Waals surface area (Å²) in [6.07, 6.45) is 3.51. The third kappa shape index (κ3) is 1.10. The van der Waals surface area contributed by atoms with Crippen molar-refractivity contribution in [1.82, 2.24) is 0 Å². The smallest absolute Gasteiger partial charge is 0.197 e. The molecule has 2 heteroatoms. The summed E-state index contributed by atoms with van der Waals surface area (Å²) in [5.74, 6) is -0.156. The Morgan fingerprint density at radius 2 is 2.30 bits per heavy atom. The minimum atomic E-state index is -0.128. The molecular weight excluding hydrogens is 128 g/mol. The highest BCUT2D eigenvalue weighted by Gasteiger charge is 2.20. The molecule has 0 saturated heterocycles. The third-order valence-corrected chi connectivity index (χ3v) is 1.64. The van der Waals surface area contributed by atoms with Gasteiger partial charge in [-0.15, -0.1) is 6.58 Å². The molecule has 0 bridgehead atoms. The average molecular weight is 138 g/mol. The maximum atomic E-state index is 10.7. The van der Waals surface area contributed by atoms with Crippen molar-refractivity contribution in [2.45, 2.75) is 19.3 Å². The van der Waals surface area contributed by atoms with Crippen LogP contribution in [0.5, 0.6) is 0 Å². The van der Waals surface area contributed by atoms with Crippen molar-refractivity contribution >= 4 is 5.78 Å². The summed E-state index contributed by atoms with van der Waals surface area (Å²) in [5, 5.41) is 9.07. The first-order valence-electron chi connectivity index (χ1n) is 3.30. The second-order valence-electron chi connectivity index (χ2n) is 2.37. The Labute approximate surface area is 59.9 Å². The fourth-order valence-electron chi connectivity index (χ4n) is 1.07. The van der Waals surface area contributed by atoms with Gasteiger partial charge in [0.25, 0.3) is 0 Å². The molecular formula is C8H10O2. The zero-order valence-corrected chi connectivity index (χ0v) is 5.76. The Morgan fingerprint density at radius 1 is 1.60 bits per heavy atom. The molecule has 0 amide bonds. The predicted molar refractivity (Wildman–Crippen MR) is 38.7 cm³/mol. The van der Waals surface area contributed by atoms with Crippen LogP contribution in [0.3, 0.4) is 0 Å². The second kappa shape index (κ2) is 2.69. The number of aliphatic hydroxyl groups is 1. The SMILES string of the molecule is C=CCC1=C(O)C(=O)CC1. The van der Waals surface area contributed by atoms with Crippen LogP contribution in [-0.4, -0.2) is 10.9 Å². The van der Waals surface area contributed by atoms with Crippen LogP contribution in [0, 0.1) is 0 Å². The zero-order chi connectivity index (χ0) is 7.56. The Balaban J connectivity index is 2.74. The van der Waals surface area contributed by atoms with Gasteiger partial charge in [0.1, 0.15) is 0 Å². The highest BCUT2D eigenvalue weighted by Crippen LogP contribution is 2.23. The van der Waals surface area contributed by atoms with Gasteiger partial charge in [0.05, 0.1) is 0 Å². The van der Waals surface area contributed by atoms with Crippen LogP contribution >= 0.6 is 0 Å². The number of carbonyl (C=O) groups excluding carboxylic acids is 1. The molecule has 0 spiro atoms. The number of hydrogen-bond acceptors (Lipinski definition) is 2. The van der Waals surface area contributed by atoms with Crippen LogP contribution in [0.4, 0.5) is 0 Å². The third-order valence-electron chi connectivity index (χ3n) is 1.64. The van der Waals surface area contributed by atoms with E-state index in [9.17, 15) is 4.79 Å². The lowest BCUT2D eigenvalue weighted by molar-refractivity contribution is -0.117. The number of Topliss-reactive ketones (excluding diaryl/α,β-unsaturated/α-hetero) is 1. The molecule has 0 aromatic heterocycles. The molecule has 0 fully saturated rings. The number of aliphatic hydroxyl groups excluding tert-OH is 1. The first-order chi connectivity index (χ1) is 4.75. The van der Waals surface area contributed by atoms with E-state index in [2.05, 4.69) is 6.58 Å². The van der Waals surface area contributed by atoms with E-state index in [0.29, 0.717) is 19.3 Å². The number of allylic oxidation sites excluding steroid dienone is 3. The fourth-order valence-corrected chi connectivity index (χ4v) is 1.07. The molecule has 54 valence electrons. The first kappa shape index (κ1) is 7.06. The first-order valence-corrected chi connectivity index (χ1v) is 3.30. The lowest BCUT2D eigenvalue weighted by Gasteiger charge is -1.93. The standard InChI is InChI=1S/C8H10O2/c1-2-3-6-4-5-7(9)8(6)10/h2,10H,1,3-5H2. The maximum Gasteiger partial charge on any atom is 0.197 e. The molecule has 1 aliphatic carbocycles. The van der Waals surface area contributed by atoms with Crippen LogP contribution < -0.4 is 0 Å². The Kier molecular flexibility index (Phi) is 1.90. The van der Waals surface area contributed by atoms with Crippen LogP contribution in [0.2, 0.25) is 0 Å². The summed E-state index contributed by atoms with van der Waals surface area (Å²) < 4.78 is 0. The number of carbonyl (C=O) groups is 1. The van der Waals surface area contributed by atoms with Gasteiger partial charge in [-0.25, -0.2) is 0 Å². The molecule has 0 unspecified atom stereocenters. The molecule has 1 rings (SSSR count). The van der Waals surface area contributed by atoms with Gasteiger partial charge in [-0.2, -0.15) is 0 Å². The average Bonchev–Trinajstić information content (AvgIpc) is 2.20. The van der Waals surface area contributed by atoms with Gasteiger partial charge in [0.2, 0.25) is 0 Å². The van der Waals surface area contributed by atoms with E-state index in [-0.39, 0.29) is 11.5 Å². The van der Waals surface area contributed by atoms with Gasteiger partial charge >= 0.3 is 0 Å². The predicted octanol–water partition coefficient (Wildman–Crippen LogP) is 1.74. The molecule has 0 aromatic carbocycles. The molecule has 0 atom stereocenters. The quantitative estimate of drug-likeness (QED) is 0.590. The maximum absolute atomic E-state index is 10.7. The van der Waals surface area contributed by atoms with Crippen molar-refractivity contribution in [2.75, 3.05) is 0 Å². The van der Waals surface area contributed by atoms with Crippen molar-refractivity contribution in [1.29, 1.82) is 0 Å². The van der Waals surface area contributed by atoms with Crippen molar-refractivity contribution in [3.05, 3.63) is 24.0 Å². The number of rotatable bonds is 2. The molecule has 0 saturated carbocycles. The van der Waals surface area contributed by atoms with Crippen LogP contribution in [0.15, 0.2) is 24.0 Å². The second-order valence-corrected chi connectivity index (χ2v) is 2.37. The zero-order valence-electron chi connectivity index (χ0n) is 5.76. The number of ketones is 1. The summed E-state index contributed by atoms with van der Waals surface area (Å²) in [5.41, 5.74) is 0.833. The van der Waals surface area contributed by atoms with E-state index in [1.807, 2.05) is 0 Å². The van der Waals surface area contributed by atoms with Crippen molar-refractivity contribution in [3.63, 3.8) is 0 Å². The highest BCUT2D eigenvalue weighted by molar-refractivity contribution is 5.96. The molecule has 1 aliphatic rings. The monoisotopic (exact) mass is 138 g/mol. The Hall–Kier alpha value is -1.05. The topological polar surface area (TPSA) is 37.3 Å². The molecule has 0 aliphatic heterocycles. The van der Waals surface area contributed by atoms with Gasteiger partial charge in [-0.05, 0) is 18.4 Å².